The molecule has 1 aliphatic rings. The van der Waals surface area contributed by atoms with Gasteiger partial charge in [0.2, 0.25) is 11.8 Å². The third kappa shape index (κ3) is 3.82. The maximum atomic E-state index is 12.2. The van der Waals surface area contributed by atoms with E-state index < -0.39 is 0 Å². The van der Waals surface area contributed by atoms with Crippen molar-refractivity contribution in [3.05, 3.63) is 24.3 Å². The number of rotatable bonds is 6. The Labute approximate surface area is 125 Å². The minimum absolute atomic E-state index is 0.0324. The monoisotopic (exact) mass is 289 g/mol. The first-order valence-electron chi connectivity index (χ1n) is 7.54. The Hall–Kier alpha value is -1.88. The summed E-state index contributed by atoms with van der Waals surface area (Å²) in [6.07, 6.45) is 1.46. The first-order chi connectivity index (χ1) is 10.1. The Kier molecular flexibility index (Phi) is 5.33. The van der Waals surface area contributed by atoms with Gasteiger partial charge in [0, 0.05) is 25.4 Å². The molecule has 1 unspecified atom stereocenters. The second-order valence-corrected chi connectivity index (χ2v) is 5.36. The van der Waals surface area contributed by atoms with Crippen LogP contribution in [0.5, 0.6) is 0 Å². The lowest BCUT2D eigenvalue weighted by molar-refractivity contribution is -0.119. The molecule has 5 heteroatoms. The van der Waals surface area contributed by atoms with Crippen molar-refractivity contribution < 1.29 is 9.59 Å². The predicted molar refractivity (Wildman–Crippen MR) is 84.4 cm³/mol. The second kappa shape index (κ2) is 7.22. The topological polar surface area (TPSA) is 61.4 Å². The van der Waals surface area contributed by atoms with Crippen LogP contribution >= 0.6 is 0 Å². The van der Waals surface area contributed by atoms with Gasteiger partial charge in [-0.1, -0.05) is 26.0 Å². The number of nitrogens with one attached hydrogen (secondary N) is 2. The molecule has 1 aromatic carbocycles. The number of nitrogens with zero attached hydrogens (tertiary/aromatic N) is 1. The number of benzene rings is 1. The molecule has 114 valence electrons. The summed E-state index contributed by atoms with van der Waals surface area (Å²) in [4.78, 5) is 25.9. The van der Waals surface area contributed by atoms with Crippen LogP contribution in [0.1, 0.15) is 26.7 Å². The van der Waals surface area contributed by atoms with E-state index in [1.54, 1.807) is 4.90 Å². The van der Waals surface area contributed by atoms with Crippen LogP contribution in [-0.2, 0) is 9.59 Å². The van der Waals surface area contributed by atoms with Crippen LogP contribution in [0.4, 0.5) is 11.4 Å². The molecule has 1 atom stereocenters. The van der Waals surface area contributed by atoms with Crippen molar-refractivity contribution in [3.63, 3.8) is 0 Å². The molecule has 21 heavy (non-hydrogen) atoms. The summed E-state index contributed by atoms with van der Waals surface area (Å²) in [5, 5.41) is 6.11. The fourth-order valence-electron chi connectivity index (χ4n) is 2.43. The molecular weight excluding hydrogens is 266 g/mol. The van der Waals surface area contributed by atoms with E-state index in [2.05, 4.69) is 10.6 Å². The molecule has 0 aromatic heterocycles. The van der Waals surface area contributed by atoms with Gasteiger partial charge in [0.05, 0.1) is 11.4 Å². The predicted octanol–water partition coefficient (Wildman–Crippen LogP) is 2.00. The standard InChI is InChI=1S/C16H23N3O2/c1-3-17-11-12(2)16(21)18-13-7-4-5-8-14(13)19-10-6-9-15(19)20/h4-5,7-8,12,17H,3,6,9-11H2,1-2H3,(H,18,21). The van der Waals surface area contributed by atoms with E-state index in [0.717, 1.165) is 25.2 Å². The summed E-state index contributed by atoms with van der Waals surface area (Å²) >= 11 is 0. The minimum Gasteiger partial charge on any atom is -0.324 e. The van der Waals surface area contributed by atoms with E-state index in [4.69, 9.17) is 0 Å². The smallest absolute Gasteiger partial charge is 0.228 e. The van der Waals surface area contributed by atoms with Gasteiger partial charge in [-0.2, -0.15) is 0 Å². The Morgan fingerprint density at radius 3 is 2.81 bits per heavy atom. The molecule has 1 heterocycles. The summed E-state index contributed by atoms with van der Waals surface area (Å²) < 4.78 is 0. The van der Waals surface area contributed by atoms with E-state index in [9.17, 15) is 9.59 Å². The van der Waals surface area contributed by atoms with Crippen LogP contribution < -0.4 is 15.5 Å². The van der Waals surface area contributed by atoms with Crippen LogP contribution in [0, 0.1) is 5.92 Å². The molecule has 1 fully saturated rings. The van der Waals surface area contributed by atoms with Crippen LogP contribution in [0.15, 0.2) is 24.3 Å². The average molecular weight is 289 g/mol. The molecule has 0 spiro atoms. The molecule has 0 radical (unpaired) electrons. The number of carbonyl (C=O) groups is 2. The zero-order valence-corrected chi connectivity index (χ0v) is 12.7. The van der Waals surface area contributed by atoms with E-state index in [1.807, 2.05) is 38.1 Å². The van der Waals surface area contributed by atoms with Crippen molar-refractivity contribution in [1.82, 2.24) is 5.32 Å². The molecule has 2 rings (SSSR count). The zero-order valence-electron chi connectivity index (χ0n) is 12.7. The van der Waals surface area contributed by atoms with E-state index in [1.165, 1.54) is 0 Å². The van der Waals surface area contributed by atoms with Crippen LogP contribution in [0.3, 0.4) is 0 Å². The highest BCUT2D eigenvalue weighted by molar-refractivity contribution is 6.02. The molecular formula is C16H23N3O2. The zero-order chi connectivity index (χ0) is 15.2. The Balaban J connectivity index is 2.09. The van der Waals surface area contributed by atoms with Gasteiger partial charge in [-0.15, -0.1) is 0 Å². The van der Waals surface area contributed by atoms with Gasteiger partial charge in [-0.3, -0.25) is 9.59 Å². The number of para-hydroxylation sites is 2. The van der Waals surface area contributed by atoms with Gasteiger partial charge < -0.3 is 15.5 Å². The van der Waals surface area contributed by atoms with Crippen molar-refractivity contribution in [2.45, 2.75) is 26.7 Å². The van der Waals surface area contributed by atoms with Crippen molar-refractivity contribution >= 4 is 23.2 Å². The molecule has 1 aliphatic heterocycles. The first kappa shape index (κ1) is 15.5. The maximum Gasteiger partial charge on any atom is 0.228 e. The highest BCUT2D eigenvalue weighted by atomic mass is 16.2. The Morgan fingerprint density at radius 1 is 1.38 bits per heavy atom. The maximum absolute atomic E-state index is 12.2. The molecule has 0 aliphatic carbocycles. The van der Waals surface area contributed by atoms with Gasteiger partial charge in [0.15, 0.2) is 0 Å². The van der Waals surface area contributed by atoms with Gasteiger partial charge >= 0.3 is 0 Å². The SMILES string of the molecule is CCNCC(C)C(=O)Nc1ccccc1N1CCCC1=O. The molecule has 2 N–H and O–H groups in total. The Bertz CT molecular complexity index is 516. The van der Waals surface area contributed by atoms with E-state index >= 15 is 0 Å². The number of anilines is 2. The Morgan fingerprint density at radius 2 is 2.14 bits per heavy atom. The van der Waals surface area contributed by atoms with Crippen molar-refractivity contribution in [2.24, 2.45) is 5.92 Å². The normalized spacial score (nSPS) is 16.1. The second-order valence-electron chi connectivity index (χ2n) is 5.36. The number of carbonyl (C=O) groups excluding carboxylic acids is 2. The van der Waals surface area contributed by atoms with E-state index in [0.29, 0.717) is 18.7 Å². The number of amides is 2. The average Bonchev–Trinajstić information content (AvgIpc) is 2.91. The molecule has 0 saturated carbocycles. The highest BCUT2D eigenvalue weighted by Gasteiger charge is 2.24. The van der Waals surface area contributed by atoms with Crippen LogP contribution in [-0.4, -0.2) is 31.4 Å². The first-order valence-corrected chi connectivity index (χ1v) is 7.54. The molecule has 5 nitrogen and oxygen atoms in total. The summed E-state index contributed by atoms with van der Waals surface area (Å²) in [5.41, 5.74) is 1.50. The van der Waals surface area contributed by atoms with Crippen LogP contribution in [0.2, 0.25) is 0 Å². The van der Waals surface area contributed by atoms with Crippen molar-refractivity contribution in [3.8, 4) is 0 Å². The fraction of sp³-hybridized carbons (Fsp3) is 0.500. The van der Waals surface area contributed by atoms with Gasteiger partial charge in [0.1, 0.15) is 0 Å². The molecule has 0 bridgehead atoms. The lowest BCUT2D eigenvalue weighted by atomic mass is 10.1. The van der Waals surface area contributed by atoms with E-state index in [-0.39, 0.29) is 17.7 Å². The highest BCUT2D eigenvalue weighted by Crippen LogP contribution is 2.29. The summed E-state index contributed by atoms with van der Waals surface area (Å²) in [6.45, 7) is 6.11. The third-order valence-electron chi connectivity index (χ3n) is 3.67. The quantitative estimate of drug-likeness (QED) is 0.842. The molecule has 2 amide bonds. The number of hydrogen-bond donors (Lipinski definition) is 2. The summed E-state index contributed by atoms with van der Waals surface area (Å²) in [5.74, 6) is -0.0280. The van der Waals surface area contributed by atoms with Gasteiger partial charge in [-0.05, 0) is 25.1 Å². The van der Waals surface area contributed by atoms with Crippen molar-refractivity contribution in [1.29, 1.82) is 0 Å². The van der Waals surface area contributed by atoms with Gasteiger partial charge in [0.25, 0.3) is 0 Å². The molecule has 1 saturated heterocycles. The lowest BCUT2D eigenvalue weighted by Crippen LogP contribution is -2.31. The summed E-state index contributed by atoms with van der Waals surface area (Å²) in [7, 11) is 0. The third-order valence-corrected chi connectivity index (χ3v) is 3.67. The minimum atomic E-state index is -0.118. The number of hydrogen-bond acceptors (Lipinski definition) is 3. The lowest BCUT2D eigenvalue weighted by Gasteiger charge is -2.21. The largest absolute Gasteiger partial charge is 0.324 e. The van der Waals surface area contributed by atoms with Crippen molar-refractivity contribution in [2.75, 3.05) is 29.9 Å². The summed E-state index contributed by atoms with van der Waals surface area (Å²) in [6, 6.07) is 7.49. The fourth-order valence-corrected chi connectivity index (χ4v) is 2.43. The van der Waals surface area contributed by atoms with Crippen LogP contribution in [0.25, 0.3) is 0 Å². The van der Waals surface area contributed by atoms with Gasteiger partial charge in [-0.25, -0.2) is 0 Å². The molecule has 1 aromatic rings.